The molecule has 1 aromatic rings. The lowest BCUT2D eigenvalue weighted by Gasteiger charge is -2.07. The monoisotopic (exact) mass is 260 g/mol. The van der Waals surface area contributed by atoms with Crippen LogP contribution >= 0.6 is 0 Å². The van der Waals surface area contributed by atoms with Gasteiger partial charge in [-0.2, -0.15) is 5.10 Å². The Kier molecular flexibility index (Phi) is 3.92. The average molecular weight is 260 g/mol. The van der Waals surface area contributed by atoms with Crippen molar-refractivity contribution in [3.63, 3.8) is 0 Å². The number of carboxylic acid groups (broad SMARTS) is 1. The summed E-state index contributed by atoms with van der Waals surface area (Å²) in [4.78, 5) is 11.0. The molecule has 1 N–H and O–H groups in total. The number of aromatic carboxylic acids is 1. The van der Waals surface area contributed by atoms with E-state index in [0.717, 1.165) is 0 Å². The largest absolute Gasteiger partial charge is 0.477 e. The van der Waals surface area contributed by atoms with Crippen LogP contribution in [0.3, 0.4) is 0 Å². The number of aromatic nitrogens is 2. The van der Waals surface area contributed by atoms with Gasteiger partial charge < -0.3 is 5.11 Å². The van der Waals surface area contributed by atoms with Crippen LogP contribution in [0.2, 0.25) is 0 Å². The second-order valence-electron chi connectivity index (χ2n) is 4.04. The second-order valence-corrected chi connectivity index (χ2v) is 6.39. The van der Waals surface area contributed by atoms with Crippen LogP contribution < -0.4 is 0 Å². The smallest absolute Gasteiger partial charge is 0.354 e. The Morgan fingerprint density at radius 1 is 1.53 bits per heavy atom. The van der Waals surface area contributed by atoms with Crippen molar-refractivity contribution in [2.24, 2.45) is 0 Å². The molecule has 0 aromatic carbocycles. The van der Waals surface area contributed by atoms with E-state index >= 15 is 0 Å². The first-order valence-corrected chi connectivity index (χ1v) is 7.11. The maximum Gasteiger partial charge on any atom is 0.354 e. The number of hydrogen-bond acceptors (Lipinski definition) is 4. The first kappa shape index (κ1) is 13.7. The van der Waals surface area contributed by atoms with E-state index in [2.05, 4.69) is 5.10 Å². The van der Waals surface area contributed by atoms with Crippen LogP contribution in [-0.2, 0) is 15.6 Å². The topological polar surface area (TPSA) is 89.3 Å². The molecule has 0 unspecified atom stereocenters. The second kappa shape index (κ2) is 4.87. The Bertz CT molecular complexity index is 516. The molecule has 0 saturated heterocycles. The third-order valence-corrected chi connectivity index (χ3v) is 3.92. The molecule has 1 aromatic heterocycles. The summed E-state index contributed by atoms with van der Waals surface area (Å²) in [6, 6.07) is 1.19. The number of carboxylic acids is 1. The molecule has 0 spiro atoms. The van der Waals surface area contributed by atoms with Gasteiger partial charge >= 0.3 is 5.97 Å². The Hall–Kier alpha value is -1.37. The summed E-state index contributed by atoms with van der Waals surface area (Å²) in [5.74, 6) is -1.31. The van der Waals surface area contributed by atoms with Crippen molar-refractivity contribution < 1.29 is 18.3 Å². The van der Waals surface area contributed by atoms with Crippen LogP contribution in [0.1, 0.15) is 43.0 Å². The van der Waals surface area contributed by atoms with E-state index in [4.69, 9.17) is 5.11 Å². The number of sulfone groups is 1. The third kappa shape index (κ3) is 3.29. The van der Waals surface area contributed by atoms with Gasteiger partial charge in [0.2, 0.25) is 0 Å². The van der Waals surface area contributed by atoms with Crippen molar-refractivity contribution in [2.45, 2.75) is 32.6 Å². The number of nitrogens with zero attached hydrogens (tertiary/aromatic N) is 2. The van der Waals surface area contributed by atoms with Crippen LogP contribution in [0, 0.1) is 0 Å². The molecule has 0 radical (unpaired) electrons. The Balaban J connectivity index is 3.13. The minimum Gasteiger partial charge on any atom is -0.477 e. The van der Waals surface area contributed by atoms with Gasteiger partial charge in [-0.05, 0) is 19.9 Å². The third-order valence-electron chi connectivity index (χ3n) is 2.30. The van der Waals surface area contributed by atoms with Gasteiger partial charge in [-0.25, -0.2) is 13.2 Å². The molecule has 96 valence electrons. The van der Waals surface area contributed by atoms with Crippen molar-refractivity contribution in [2.75, 3.05) is 5.75 Å². The predicted molar refractivity (Wildman–Crippen MR) is 62.7 cm³/mol. The lowest BCUT2D eigenvalue weighted by Crippen LogP contribution is -2.12. The van der Waals surface area contributed by atoms with Crippen molar-refractivity contribution in [3.8, 4) is 0 Å². The highest BCUT2D eigenvalue weighted by molar-refractivity contribution is 7.90. The van der Waals surface area contributed by atoms with Gasteiger partial charge in [-0.1, -0.05) is 6.92 Å². The quantitative estimate of drug-likeness (QED) is 0.856. The van der Waals surface area contributed by atoms with Gasteiger partial charge in [0.25, 0.3) is 0 Å². The normalized spacial score (nSPS) is 12.0. The molecule has 6 nitrogen and oxygen atoms in total. The van der Waals surface area contributed by atoms with E-state index in [9.17, 15) is 13.2 Å². The molecule has 1 rings (SSSR count). The van der Waals surface area contributed by atoms with Crippen molar-refractivity contribution in [1.29, 1.82) is 0 Å². The van der Waals surface area contributed by atoms with Gasteiger partial charge in [0.15, 0.2) is 9.84 Å². The fourth-order valence-electron chi connectivity index (χ4n) is 1.40. The number of rotatable bonds is 5. The SMILES string of the molecule is CCS(=O)(=O)Cc1cc(C(=O)O)n(C(C)C)n1. The van der Waals surface area contributed by atoms with E-state index in [1.54, 1.807) is 20.8 Å². The van der Waals surface area contributed by atoms with Gasteiger partial charge in [0.05, 0.1) is 11.4 Å². The highest BCUT2D eigenvalue weighted by atomic mass is 32.2. The summed E-state index contributed by atoms with van der Waals surface area (Å²) in [6.45, 7) is 5.13. The summed E-state index contributed by atoms with van der Waals surface area (Å²) in [7, 11) is -3.20. The summed E-state index contributed by atoms with van der Waals surface area (Å²) < 4.78 is 24.2. The van der Waals surface area contributed by atoms with Crippen LogP contribution in [0.15, 0.2) is 6.07 Å². The van der Waals surface area contributed by atoms with E-state index in [1.165, 1.54) is 10.7 Å². The molecule has 0 aliphatic carbocycles. The molecular formula is C10H16N2O4S. The minimum absolute atomic E-state index is 0.0151. The zero-order valence-electron chi connectivity index (χ0n) is 10.0. The summed E-state index contributed by atoms with van der Waals surface area (Å²) in [6.07, 6.45) is 0. The lowest BCUT2D eigenvalue weighted by molar-refractivity contribution is 0.0681. The van der Waals surface area contributed by atoms with Gasteiger partial charge in [-0.15, -0.1) is 0 Å². The predicted octanol–water partition coefficient (Wildman–Crippen LogP) is 1.10. The number of carbonyl (C=O) groups is 1. The molecule has 17 heavy (non-hydrogen) atoms. The van der Waals surface area contributed by atoms with Crippen molar-refractivity contribution >= 4 is 15.8 Å². The molecular weight excluding hydrogens is 244 g/mol. The molecule has 0 aliphatic heterocycles. The highest BCUT2D eigenvalue weighted by Crippen LogP contribution is 2.13. The van der Waals surface area contributed by atoms with Crippen LogP contribution in [-0.4, -0.2) is 35.0 Å². The molecule has 0 atom stereocenters. The van der Waals surface area contributed by atoms with E-state index in [1.807, 2.05) is 0 Å². The van der Waals surface area contributed by atoms with Gasteiger partial charge in [0, 0.05) is 11.8 Å². The van der Waals surface area contributed by atoms with Crippen LogP contribution in [0.4, 0.5) is 0 Å². The maximum absolute atomic E-state index is 11.4. The highest BCUT2D eigenvalue weighted by Gasteiger charge is 2.19. The first-order valence-electron chi connectivity index (χ1n) is 5.29. The Morgan fingerprint density at radius 3 is 2.47 bits per heavy atom. The van der Waals surface area contributed by atoms with E-state index in [-0.39, 0.29) is 28.9 Å². The zero-order chi connectivity index (χ0) is 13.2. The minimum atomic E-state index is -3.20. The van der Waals surface area contributed by atoms with Gasteiger partial charge in [-0.3, -0.25) is 4.68 Å². The fraction of sp³-hybridized carbons (Fsp3) is 0.600. The lowest BCUT2D eigenvalue weighted by atomic mass is 10.3. The summed E-state index contributed by atoms with van der Waals surface area (Å²) in [5.41, 5.74) is 0.291. The number of hydrogen-bond donors (Lipinski definition) is 1. The summed E-state index contributed by atoms with van der Waals surface area (Å²) >= 11 is 0. The molecule has 0 saturated carbocycles. The maximum atomic E-state index is 11.4. The Labute approximate surface area is 100 Å². The first-order chi connectivity index (χ1) is 7.76. The molecule has 7 heteroatoms. The molecule has 0 bridgehead atoms. The van der Waals surface area contributed by atoms with E-state index in [0.29, 0.717) is 0 Å². The fourth-order valence-corrected chi connectivity index (χ4v) is 2.19. The standard InChI is InChI=1S/C10H16N2O4S/c1-4-17(15,16)6-8-5-9(10(13)14)12(11-8)7(2)3/h5,7H,4,6H2,1-3H3,(H,13,14). The molecule has 0 amide bonds. The van der Waals surface area contributed by atoms with Crippen LogP contribution in [0.25, 0.3) is 0 Å². The van der Waals surface area contributed by atoms with Crippen molar-refractivity contribution in [3.05, 3.63) is 17.5 Å². The molecule has 0 fully saturated rings. The van der Waals surface area contributed by atoms with Gasteiger partial charge in [0.1, 0.15) is 5.69 Å². The zero-order valence-corrected chi connectivity index (χ0v) is 10.9. The van der Waals surface area contributed by atoms with E-state index < -0.39 is 15.8 Å². The summed E-state index contributed by atoms with van der Waals surface area (Å²) in [5, 5.41) is 13.0. The molecule has 1 heterocycles. The van der Waals surface area contributed by atoms with Crippen LogP contribution in [0.5, 0.6) is 0 Å². The van der Waals surface area contributed by atoms with Crippen molar-refractivity contribution in [1.82, 2.24) is 9.78 Å². The average Bonchev–Trinajstić information content (AvgIpc) is 2.61. The Morgan fingerprint density at radius 2 is 2.12 bits per heavy atom. The molecule has 0 aliphatic rings.